The maximum atomic E-state index is 11.0. The number of anilines is 1. The molecule has 1 aliphatic rings. The van der Waals surface area contributed by atoms with E-state index in [0.717, 1.165) is 37.2 Å². The summed E-state index contributed by atoms with van der Waals surface area (Å²) in [6.07, 6.45) is 4.95. The summed E-state index contributed by atoms with van der Waals surface area (Å²) in [7, 11) is 0. The fourth-order valence-corrected chi connectivity index (χ4v) is 3.57. The van der Waals surface area contributed by atoms with Crippen LogP contribution in [0.15, 0.2) is 53.5 Å². The zero-order valence-electron chi connectivity index (χ0n) is 16.3. The maximum absolute atomic E-state index is 11.0. The van der Waals surface area contributed by atoms with Crippen LogP contribution < -0.4 is 9.38 Å². The molecule has 0 radical (unpaired) electrons. The van der Waals surface area contributed by atoms with Crippen molar-refractivity contribution in [3.63, 3.8) is 0 Å². The molecule has 0 saturated carbocycles. The van der Waals surface area contributed by atoms with Gasteiger partial charge in [0.05, 0.1) is 16.4 Å². The first-order chi connectivity index (χ1) is 13.9. The smallest absolute Gasteiger partial charge is 0.269 e. The summed E-state index contributed by atoms with van der Waals surface area (Å²) in [5, 5.41) is 21.9. The Hall–Kier alpha value is -3.33. The Balaban J connectivity index is 1.90. The van der Waals surface area contributed by atoms with Gasteiger partial charge < -0.3 is 0 Å². The minimum absolute atomic E-state index is 0.0433. The average Bonchev–Trinajstić information content (AvgIpc) is 2.74. The van der Waals surface area contributed by atoms with E-state index in [1.54, 1.807) is 30.6 Å². The third-order valence-electron chi connectivity index (χ3n) is 5.19. The van der Waals surface area contributed by atoms with Crippen molar-refractivity contribution in [2.75, 3.05) is 24.8 Å². The lowest BCUT2D eigenvalue weighted by molar-refractivity contribution is -0.385. The molecule has 0 spiro atoms. The summed E-state index contributed by atoms with van der Waals surface area (Å²) >= 11 is 0. The standard InChI is InChI=1S/C20H24N5O4/c1-2-3-4-13-25(20-11-9-19(10-12-20)24(28)29)15-21-14-22(16-25)17-5-7-18(8-6-17)23(26)27/h5-12,14H,2-4,13,15-16H2,1H3/q+1. The number of non-ortho nitro benzene ring substituents is 2. The first kappa shape index (κ1) is 20.4. The normalized spacial score (nSPS) is 18.6. The topological polar surface area (TPSA) is 102 Å². The Morgan fingerprint density at radius 1 is 0.966 bits per heavy atom. The van der Waals surface area contributed by atoms with Gasteiger partial charge in [0.2, 0.25) is 0 Å². The van der Waals surface area contributed by atoms with E-state index < -0.39 is 9.85 Å². The molecule has 9 heteroatoms. The van der Waals surface area contributed by atoms with E-state index in [0.29, 0.717) is 17.8 Å². The lowest BCUT2D eigenvalue weighted by Crippen LogP contribution is -2.59. The highest BCUT2D eigenvalue weighted by molar-refractivity contribution is 5.80. The van der Waals surface area contributed by atoms with Crippen LogP contribution in [0.1, 0.15) is 26.2 Å². The molecule has 1 unspecified atom stereocenters. The number of nitro groups is 2. The molecule has 1 heterocycles. The summed E-state index contributed by atoms with van der Waals surface area (Å²) in [5.74, 6) is 0. The van der Waals surface area contributed by atoms with Gasteiger partial charge in [-0.3, -0.25) is 29.6 Å². The molecule has 0 aliphatic carbocycles. The first-order valence-corrected chi connectivity index (χ1v) is 9.57. The predicted molar refractivity (Wildman–Crippen MR) is 113 cm³/mol. The summed E-state index contributed by atoms with van der Waals surface area (Å²) in [6.45, 7) is 4.15. The van der Waals surface area contributed by atoms with E-state index in [-0.39, 0.29) is 11.4 Å². The summed E-state index contributed by atoms with van der Waals surface area (Å²) in [5.41, 5.74) is 1.89. The molecule has 3 rings (SSSR count). The fourth-order valence-electron chi connectivity index (χ4n) is 3.57. The lowest BCUT2D eigenvalue weighted by Gasteiger charge is -2.42. The summed E-state index contributed by atoms with van der Waals surface area (Å²) in [6, 6.07) is 13.1. The molecule has 2 aromatic rings. The van der Waals surface area contributed by atoms with Crippen molar-refractivity contribution in [1.82, 2.24) is 4.48 Å². The number of aliphatic imine (C=N–C) groups is 1. The van der Waals surface area contributed by atoms with E-state index in [2.05, 4.69) is 11.9 Å². The van der Waals surface area contributed by atoms with Crippen LogP contribution in [0.5, 0.6) is 0 Å². The number of unbranched alkanes of at least 4 members (excludes halogenated alkanes) is 2. The monoisotopic (exact) mass is 398 g/mol. The van der Waals surface area contributed by atoms with Gasteiger partial charge in [0.15, 0.2) is 13.3 Å². The van der Waals surface area contributed by atoms with Crippen LogP contribution >= 0.6 is 0 Å². The van der Waals surface area contributed by atoms with Crippen LogP contribution in [0, 0.1) is 20.2 Å². The van der Waals surface area contributed by atoms with Gasteiger partial charge in [-0.2, -0.15) is 0 Å². The Morgan fingerprint density at radius 2 is 1.55 bits per heavy atom. The van der Waals surface area contributed by atoms with Crippen LogP contribution in [0.3, 0.4) is 0 Å². The molecule has 9 nitrogen and oxygen atoms in total. The number of nitro benzene ring substituents is 2. The summed E-state index contributed by atoms with van der Waals surface area (Å²) in [4.78, 5) is 27.6. The van der Waals surface area contributed by atoms with Crippen LogP contribution in [-0.4, -0.2) is 36.1 Å². The number of hydrogen-bond donors (Lipinski definition) is 0. The van der Waals surface area contributed by atoms with Crippen LogP contribution in [-0.2, 0) is 0 Å². The number of benzene rings is 2. The molecule has 0 fully saturated rings. The van der Waals surface area contributed by atoms with Crippen molar-refractivity contribution in [3.8, 4) is 0 Å². The SMILES string of the molecule is CCCCC[N+]1(c2ccc([N+](=O)[O-])cc2)CN=CN(c2ccc([N+](=O)[O-])cc2)C1. The number of rotatable bonds is 8. The highest BCUT2D eigenvalue weighted by Gasteiger charge is 2.35. The third-order valence-corrected chi connectivity index (χ3v) is 5.19. The second-order valence-electron chi connectivity index (χ2n) is 7.17. The Kier molecular flexibility index (Phi) is 6.18. The van der Waals surface area contributed by atoms with Crippen molar-refractivity contribution >= 4 is 29.1 Å². The molecule has 0 bridgehead atoms. The van der Waals surface area contributed by atoms with Crippen molar-refractivity contribution in [1.29, 1.82) is 0 Å². The zero-order chi connectivity index (χ0) is 20.9. The van der Waals surface area contributed by atoms with Gasteiger partial charge in [0.1, 0.15) is 12.0 Å². The first-order valence-electron chi connectivity index (χ1n) is 9.57. The van der Waals surface area contributed by atoms with Gasteiger partial charge >= 0.3 is 0 Å². The lowest BCUT2D eigenvalue weighted by atomic mass is 10.1. The van der Waals surface area contributed by atoms with Crippen molar-refractivity contribution in [3.05, 3.63) is 68.8 Å². The molecule has 0 aromatic heterocycles. The van der Waals surface area contributed by atoms with Gasteiger partial charge in [-0.15, -0.1) is 0 Å². The molecular formula is C20H24N5O4+. The van der Waals surface area contributed by atoms with Crippen molar-refractivity contribution in [2.45, 2.75) is 26.2 Å². The Labute approximate surface area is 168 Å². The molecule has 2 aromatic carbocycles. The largest absolute Gasteiger partial charge is 0.284 e. The third kappa shape index (κ3) is 4.57. The second-order valence-corrected chi connectivity index (χ2v) is 7.17. The zero-order valence-corrected chi connectivity index (χ0v) is 16.3. The maximum Gasteiger partial charge on any atom is 0.269 e. The molecule has 0 amide bonds. The summed E-state index contributed by atoms with van der Waals surface area (Å²) < 4.78 is 0.547. The molecule has 152 valence electrons. The van der Waals surface area contributed by atoms with E-state index in [1.165, 1.54) is 24.3 Å². The van der Waals surface area contributed by atoms with Gasteiger partial charge in [0, 0.05) is 42.1 Å². The fraction of sp³-hybridized carbons (Fsp3) is 0.350. The molecule has 1 aliphatic heterocycles. The van der Waals surface area contributed by atoms with Crippen molar-refractivity contribution < 1.29 is 9.85 Å². The average molecular weight is 398 g/mol. The minimum atomic E-state index is -0.421. The van der Waals surface area contributed by atoms with E-state index in [1.807, 2.05) is 4.90 Å². The Morgan fingerprint density at radius 3 is 2.10 bits per heavy atom. The van der Waals surface area contributed by atoms with Crippen LogP contribution in [0.2, 0.25) is 0 Å². The van der Waals surface area contributed by atoms with Crippen LogP contribution in [0.4, 0.5) is 22.7 Å². The van der Waals surface area contributed by atoms with Gasteiger partial charge in [-0.05, 0) is 25.0 Å². The number of nitrogens with zero attached hydrogens (tertiary/aromatic N) is 5. The van der Waals surface area contributed by atoms with E-state index in [9.17, 15) is 20.2 Å². The van der Waals surface area contributed by atoms with E-state index in [4.69, 9.17) is 0 Å². The quantitative estimate of drug-likeness (QED) is 0.283. The van der Waals surface area contributed by atoms with Crippen LogP contribution in [0.25, 0.3) is 0 Å². The van der Waals surface area contributed by atoms with Gasteiger partial charge in [-0.1, -0.05) is 13.3 Å². The number of quaternary nitrogens is 1. The van der Waals surface area contributed by atoms with Gasteiger partial charge in [-0.25, -0.2) is 4.99 Å². The molecule has 29 heavy (non-hydrogen) atoms. The highest BCUT2D eigenvalue weighted by atomic mass is 16.6. The predicted octanol–water partition coefficient (Wildman–Crippen LogP) is 4.46. The molecular weight excluding hydrogens is 374 g/mol. The Bertz CT molecular complexity index is 898. The second kappa shape index (κ2) is 8.78. The molecule has 0 N–H and O–H groups in total. The van der Waals surface area contributed by atoms with E-state index >= 15 is 0 Å². The molecule has 1 atom stereocenters. The van der Waals surface area contributed by atoms with Crippen molar-refractivity contribution in [2.24, 2.45) is 4.99 Å². The minimum Gasteiger partial charge on any atom is -0.284 e. The molecule has 0 saturated heterocycles. The number of hydrogen-bond acceptors (Lipinski definition) is 6. The highest BCUT2D eigenvalue weighted by Crippen LogP contribution is 2.31. The van der Waals surface area contributed by atoms with Gasteiger partial charge in [0.25, 0.3) is 11.4 Å².